The lowest BCUT2D eigenvalue weighted by atomic mass is 9.85. The van der Waals surface area contributed by atoms with E-state index in [0.29, 0.717) is 30.9 Å². The molecule has 0 radical (unpaired) electrons. The fraction of sp³-hybridized carbons (Fsp3) is 0.591. The van der Waals surface area contributed by atoms with Gasteiger partial charge in [0, 0.05) is 6.54 Å². The molecule has 0 spiro atoms. The largest absolute Gasteiger partial charge is 0.354 e. The van der Waals surface area contributed by atoms with Crippen molar-refractivity contribution in [3.05, 3.63) is 35.6 Å². The highest BCUT2D eigenvalue weighted by Gasteiger charge is 2.52. The smallest absolute Gasteiger partial charge is 0.325 e. The Bertz CT molecular complexity index is 746. The predicted molar refractivity (Wildman–Crippen MR) is 107 cm³/mol. The Kier molecular flexibility index (Phi) is 6.87. The predicted octanol–water partition coefficient (Wildman–Crippen LogP) is 3.46. The van der Waals surface area contributed by atoms with Crippen LogP contribution in [-0.4, -0.2) is 35.8 Å². The van der Waals surface area contributed by atoms with Crippen molar-refractivity contribution in [3.8, 4) is 0 Å². The minimum Gasteiger partial charge on any atom is -0.354 e. The number of hydrogen-bond acceptors (Lipinski definition) is 3. The molecular formula is C22H30FN3O3. The van der Waals surface area contributed by atoms with Gasteiger partial charge in [0.15, 0.2) is 0 Å². The summed E-state index contributed by atoms with van der Waals surface area (Å²) in [7, 11) is 0. The highest BCUT2D eigenvalue weighted by Crippen LogP contribution is 2.34. The number of hydrogen-bond donors (Lipinski definition) is 2. The van der Waals surface area contributed by atoms with Crippen LogP contribution in [0.4, 0.5) is 9.18 Å². The van der Waals surface area contributed by atoms with E-state index in [4.69, 9.17) is 0 Å². The second kappa shape index (κ2) is 9.37. The molecular weight excluding hydrogens is 373 g/mol. The zero-order chi connectivity index (χ0) is 20.9. The van der Waals surface area contributed by atoms with Crippen molar-refractivity contribution in [2.24, 2.45) is 5.92 Å². The number of carbonyl (C=O) groups excluding carboxylic acids is 3. The van der Waals surface area contributed by atoms with Crippen LogP contribution in [0.1, 0.15) is 63.9 Å². The summed E-state index contributed by atoms with van der Waals surface area (Å²) in [6.07, 6.45) is 7.79. The Morgan fingerprint density at radius 3 is 2.55 bits per heavy atom. The molecule has 1 aromatic rings. The maximum Gasteiger partial charge on any atom is 0.325 e. The lowest BCUT2D eigenvalue weighted by Crippen LogP contribution is -2.45. The van der Waals surface area contributed by atoms with E-state index >= 15 is 0 Å². The summed E-state index contributed by atoms with van der Waals surface area (Å²) in [5.41, 5.74) is -0.708. The summed E-state index contributed by atoms with van der Waals surface area (Å²) in [5, 5.41) is 5.66. The van der Waals surface area contributed by atoms with Crippen LogP contribution in [0.25, 0.3) is 0 Å². The van der Waals surface area contributed by atoms with E-state index in [-0.39, 0.29) is 12.5 Å². The lowest BCUT2D eigenvalue weighted by Gasteiger charge is -2.27. The molecule has 29 heavy (non-hydrogen) atoms. The van der Waals surface area contributed by atoms with E-state index < -0.39 is 23.3 Å². The Morgan fingerprint density at radius 1 is 1.21 bits per heavy atom. The third-order valence-corrected chi connectivity index (χ3v) is 6.03. The quantitative estimate of drug-likeness (QED) is 0.653. The number of nitrogens with one attached hydrogen (secondary N) is 2. The molecule has 158 valence electrons. The van der Waals surface area contributed by atoms with Gasteiger partial charge in [0.05, 0.1) is 0 Å². The van der Waals surface area contributed by atoms with Crippen LogP contribution in [-0.2, 0) is 15.1 Å². The number of imide groups is 1. The van der Waals surface area contributed by atoms with Gasteiger partial charge in [-0.1, -0.05) is 51.2 Å². The molecule has 1 aliphatic carbocycles. The van der Waals surface area contributed by atoms with E-state index in [2.05, 4.69) is 10.6 Å². The average molecular weight is 403 g/mol. The maximum absolute atomic E-state index is 13.4. The van der Waals surface area contributed by atoms with E-state index in [1.54, 1.807) is 0 Å². The van der Waals surface area contributed by atoms with Crippen LogP contribution in [0, 0.1) is 11.7 Å². The summed E-state index contributed by atoms with van der Waals surface area (Å²) < 4.78 is 13.4. The van der Waals surface area contributed by atoms with Crippen molar-refractivity contribution < 1.29 is 18.8 Å². The number of urea groups is 1. The number of carbonyl (C=O) groups is 3. The molecule has 0 aromatic heterocycles. The molecule has 6 nitrogen and oxygen atoms in total. The van der Waals surface area contributed by atoms with E-state index in [0.717, 1.165) is 24.2 Å². The SMILES string of the molecule is CCCCC1(c2ccc(F)cc2)NC(=O)N(CC(=O)NCC2CCCCC2)C1=O. The first kappa shape index (κ1) is 21.3. The second-order valence-electron chi connectivity index (χ2n) is 8.15. The molecule has 1 aliphatic heterocycles. The van der Waals surface area contributed by atoms with Crippen LogP contribution >= 0.6 is 0 Å². The van der Waals surface area contributed by atoms with Gasteiger partial charge in [-0.15, -0.1) is 0 Å². The van der Waals surface area contributed by atoms with Crippen molar-refractivity contribution >= 4 is 17.8 Å². The first-order chi connectivity index (χ1) is 14.0. The van der Waals surface area contributed by atoms with Gasteiger partial charge < -0.3 is 10.6 Å². The van der Waals surface area contributed by atoms with Crippen molar-refractivity contribution in [1.82, 2.24) is 15.5 Å². The van der Waals surface area contributed by atoms with Gasteiger partial charge >= 0.3 is 6.03 Å². The van der Waals surface area contributed by atoms with Crippen molar-refractivity contribution in [3.63, 3.8) is 0 Å². The summed E-state index contributed by atoms with van der Waals surface area (Å²) >= 11 is 0. The molecule has 1 aromatic carbocycles. The summed E-state index contributed by atoms with van der Waals surface area (Å²) in [6, 6.07) is 5.03. The van der Waals surface area contributed by atoms with E-state index in [1.165, 1.54) is 43.5 Å². The monoisotopic (exact) mass is 403 g/mol. The summed E-state index contributed by atoms with van der Waals surface area (Å²) in [4.78, 5) is 39.2. The fourth-order valence-electron chi connectivity index (χ4n) is 4.30. The van der Waals surface area contributed by atoms with Crippen molar-refractivity contribution in [1.29, 1.82) is 0 Å². The Hall–Kier alpha value is -2.44. The highest BCUT2D eigenvalue weighted by atomic mass is 19.1. The van der Waals surface area contributed by atoms with E-state index in [1.807, 2.05) is 6.92 Å². The molecule has 4 amide bonds. The number of nitrogens with zero attached hydrogens (tertiary/aromatic N) is 1. The zero-order valence-corrected chi connectivity index (χ0v) is 17.0. The average Bonchev–Trinajstić information content (AvgIpc) is 2.97. The van der Waals surface area contributed by atoms with Crippen LogP contribution < -0.4 is 10.6 Å². The van der Waals surface area contributed by atoms with Crippen LogP contribution in [0.2, 0.25) is 0 Å². The Labute approximate surface area is 171 Å². The van der Waals surface area contributed by atoms with Crippen LogP contribution in [0.3, 0.4) is 0 Å². The summed E-state index contributed by atoms with van der Waals surface area (Å²) in [5.74, 6) is -0.714. The summed E-state index contributed by atoms with van der Waals surface area (Å²) in [6.45, 7) is 2.28. The Balaban J connectivity index is 1.69. The second-order valence-corrected chi connectivity index (χ2v) is 8.15. The molecule has 1 saturated carbocycles. The molecule has 3 rings (SSSR count). The Morgan fingerprint density at radius 2 is 1.90 bits per heavy atom. The number of unbranched alkanes of at least 4 members (excludes halogenated alkanes) is 1. The lowest BCUT2D eigenvalue weighted by molar-refractivity contribution is -0.135. The first-order valence-electron chi connectivity index (χ1n) is 10.6. The van der Waals surface area contributed by atoms with Crippen LogP contribution in [0.15, 0.2) is 24.3 Å². The molecule has 7 heteroatoms. The van der Waals surface area contributed by atoms with Gasteiger partial charge in [-0.3, -0.25) is 14.5 Å². The normalized spacial score (nSPS) is 22.6. The van der Waals surface area contributed by atoms with E-state index in [9.17, 15) is 18.8 Å². The molecule has 1 atom stereocenters. The van der Waals surface area contributed by atoms with Gasteiger partial charge in [0.25, 0.3) is 5.91 Å². The topological polar surface area (TPSA) is 78.5 Å². The van der Waals surface area contributed by atoms with Gasteiger partial charge in [-0.25, -0.2) is 9.18 Å². The molecule has 2 N–H and O–H groups in total. The number of halogens is 1. The van der Waals surface area contributed by atoms with Gasteiger partial charge in [-0.05, 0) is 42.9 Å². The molecule has 1 unspecified atom stereocenters. The molecule has 2 fully saturated rings. The van der Waals surface area contributed by atoms with Crippen LogP contribution in [0.5, 0.6) is 0 Å². The zero-order valence-electron chi connectivity index (χ0n) is 17.0. The number of benzene rings is 1. The van der Waals surface area contributed by atoms with Crippen molar-refractivity contribution in [2.45, 2.75) is 63.8 Å². The van der Waals surface area contributed by atoms with Gasteiger partial charge in [-0.2, -0.15) is 0 Å². The molecule has 2 aliphatic rings. The van der Waals surface area contributed by atoms with Crippen molar-refractivity contribution in [2.75, 3.05) is 13.1 Å². The molecule has 1 saturated heterocycles. The number of amides is 4. The molecule has 1 heterocycles. The highest BCUT2D eigenvalue weighted by molar-refractivity contribution is 6.09. The van der Waals surface area contributed by atoms with Gasteiger partial charge in [0.2, 0.25) is 5.91 Å². The maximum atomic E-state index is 13.4. The van der Waals surface area contributed by atoms with Gasteiger partial charge in [0.1, 0.15) is 17.9 Å². The minimum atomic E-state index is -1.25. The minimum absolute atomic E-state index is 0.299. The first-order valence-corrected chi connectivity index (χ1v) is 10.6. The molecule has 0 bridgehead atoms. The fourth-order valence-corrected chi connectivity index (χ4v) is 4.30. The number of rotatable bonds is 8. The third kappa shape index (κ3) is 4.77. The standard InChI is InChI=1S/C22H30FN3O3/c1-2-3-13-22(17-9-11-18(23)12-10-17)20(28)26(21(29)25-22)15-19(27)24-14-16-7-5-4-6-8-16/h9-12,16H,2-8,13-15H2,1H3,(H,24,27)(H,25,29). The third-order valence-electron chi connectivity index (χ3n) is 6.03.